The van der Waals surface area contributed by atoms with E-state index in [1.54, 1.807) is 5.56 Å². The molecule has 8 aromatic carbocycles. The summed E-state index contributed by atoms with van der Waals surface area (Å²) >= 11 is 1.88. The average molecular weight is 790 g/mol. The molecule has 1 nitrogen and oxygen atoms in total. The third-order valence-corrected chi connectivity index (χ3v) is 15.4. The van der Waals surface area contributed by atoms with Crippen LogP contribution in [0.25, 0.3) is 64.7 Å². The van der Waals surface area contributed by atoms with Gasteiger partial charge in [0.15, 0.2) is 0 Å². The summed E-state index contributed by atoms with van der Waals surface area (Å²) in [5.41, 5.74) is 15.3. The Labute approximate surface area is 357 Å². The Balaban J connectivity index is 0.989. The van der Waals surface area contributed by atoms with E-state index in [1.165, 1.54) is 109 Å². The molecule has 60 heavy (non-hydrogen) atoms. The molecule has 0 radical (unpaired) electrons. The highest BCUT2D eigenvalue weighted by Gasteiger charge is 2.51. The SMILES string of the molecule is c1ccc(-c2cccc(-c3ccccc3)c2-c2ccc(N(c3ccc4c(c3)sc3ccccc34)c3ccccc3-c3ccc(C45CC6CC(CC(C6)C4)C5)cc3)cc2)cc1. The smallest absolute Gasteiger partial charge is 0.0540 e. The zero-order valence-electron chi connectivity index (χ0n) is 33.8. The van der Waals surface area contributed by atoms with Gasteiger partial charge in [-0.3, -0.25) is 0 Å². The first-order valence-electron chi connectivity index (χ1n) is 21.9. The van der Waals surface area contributed by atoms with Crippen molar-refractivity contribution in [1.29, 1.82) is 0 Å². The van der Waals surface area contributed by atoms with Crippen molar-refractivity contribution in [3.05, 3.63) is 200 Å². The first-order valence-corrected chi connectivity index (χ1v) is 22.7. The molecular formula is C58H47NS. The summed E-state index contributed by atoms with van der Waals surface area (Å²) < 4.78 is 2.63. The minimum Gasteiger partial charge on any atom is -0.310 e. The van der Waals surface area contributed by atoms with Crippen LogP contribution in [-0.4, -0.2) is 0 Å². The molecule has 4 aliphatic carbocycles. The van der Waals surface area contributed by atoms with Gasteiger partial charge >= 0.3 is 0 Å². The second kappa shape index (κ2) is 14.5. The fraction of sp³-hybridized carbons (Fsp3) is 0.172. The Morgan fingerprint density at radius 3 is 1.58 bits per heavy atom. The molecule has 2 heteroatoms. The van der Waals surface area contributed by atoms with E-state index >= 15 is 0 Å². The predicted octanol–water partition coefficient (Wildman–Crippen LogP) is 16.7. The van der Waals surface area contributed by atoms with Crippen LogP contribution in [-0.2, 0) is 5.41 Å². The number of para-hydroxylation sites is 1. The van der Waals surface area contributed by atoms with Gasteiger partial charge in [0.1, 0.15) is 0 Å². The first-order chi connectivity index (χ1) is 29.7. The molecule has 4 aliphatic rings. The topological polar surface area (TPSA) is 3.24 Å². The summed E-state index contributed by atoms with van der Waals surface area (Å²) in [5.74, 6) is 2.81. The van der Waals surface area contributed by atoms with Gasteiger partial charge in [0.2, 0.25) is 0 Å². The van der Waals surface area contributed by atoms with E-state index in [9.17, 15) is 0 Å². The second-order valence-electron chi connectivity index (χ2n) is 17.9. The molecule has 0 saturated heterocycles. The Hall–Kier alpha value is -6.22. The van der Waals surface area contributed by atoms with Crippen molar-refractivity contribution in [2.75, 3.05) is 4.90 Å². The highest BCUT2D eigenvalue weighted by Crippen LogP contribution is 2.61. The van der Waals surface area contributed by atoms with Crippen molar-refractivity contribution in [1.82, 2.24) is 0 Å². The van der Waals surface area contributed by atoms with Crippen LogP contribution in [0.1, 0.15) is 44.1 Å². The molecule has 1 aromatic heterocycles. The molecule has 290 valence electrons. The number of rotatable bonds is 8. The third-order valence-electron chi connectivity index (χ3n) is 14.3. The van der Waals surface area contributed by atoms with Crippen LogP contribution < -0.4 is 4.90 Å². The Morgan fingerprint density at radius 1 is 0.400 bits per heavy atom. The van der Waals surface area contributed by atoms with Gasteiger partial charge < -0.3 is 4.90 Å². The molecule has 4 bridgehead atoms. The van der Waals surface area contributed by atoms with Crippen LogP contribution in [0.15, 0.2) is 194 Å². The average Bonchev–Trinajstić information content (AvgIpc) is 3.68. The lowest BCUT2D eigenvalue weighted by Crippen LogP contribution is -2.48. The van der Waals surface area contributed by atoms with Crippen molar-refractivity contribution >= 4 is 48.6 Å². The fourth-order valence-electron chi connectivity index (χ4n) is 12.0. The number of anilines is 3. The predicted molar refractivity (Wildman–Crippen MR) is 256 cm³/mol. The molecule has 0 amide bonds. The fourth-order valence-corrected chi connectivity index (χ4v) is 13.2. The van der Waals surface area contributed by atoms with E-state index in [-0.39, 0.29) is 0 Å². The highest BCUT2D eigenvalue weighted by molar-refractivity contribution is 7.25. The van der Waals surface area contributed by atoms with Gasteiger partial charge in [-0.2, -0.15) is 0 Å². The molecule has 0 N–H and O–H groups in total. The molecule has 0 spiro atoms. The second-order valence-corrected chi connectivity index (χ2v) is 19.0. The van der Waals surface area contributed by atoms with E-state index in [4.69, 9.17) is 0 Å². The normalized spacial score (nSPS) is 20.5. The van der Waals surface area contributed by atoms with Gasteiger partial charge in [0, 0.05) is 37.1 Å². The summed E-state index contributed by atoms with van der Waals surface area (Å²) in [5, 5.41) is 2.64. The minimum atomic E-state index is 0.389. The van der Waals surface area contributed by atoms with E-state index in [0.29, 0.717) is 5.41 Å². The Bertz CT molecular complexity index is 2900. The van der Waals surface area contributed by atoms with Crippen LogP contribution in [0.2, 0.25) is 0 Å². The van der Waals surface area contributed by atoms with Gasteiger partial charge in [0.05, 0.1) is 5.69 Å². The summed E-state index contributed by atoms with van der Waals surface area (Å²) in [4.78, 5) is 2.48. The van der Waals surface area contributed by atoms with E-state index in [2.05, 4.69) is 199 Å². The third kappa shape index (κ3) is 6.11. The largest absolute Gasteiger partial charge is 0.310 e. The molecule has 13 rings (SSSR count). The van der Waals surface area contributed by atoms with Crippen LogP contribution in [0.5, 0.6) is 0 Å². The zero-order valence-corrected chi connectivity index (χ0v) is 34.6. The van der Waals surface area contributed by atoms with Crippen LogP contribution in [0.3, 0.4) is 0 Å². The lowest BCUT2D eigenvalue weighted by molar-refractivity contribution is -0.00518. The van der Waals surface area contributed by atoms with Crippen molar-refractivity contribution in [2.24, 2.45) is 17.8 Å². The van der Waals surface area contributed by atoms with Crippen LogP contribution in [0.4, 0.5) is 17.1 Å². The zero-order chi connectivity index (χ0) is 39.6. The number of benzene rings is 8. The molecule has 0 unspecified atom stereocenters. The maximum absolute atomic E-state index is 2.50. The first kappa shape index (κ1) is 35.7. The van der Waals surface area contributed by atoms with Gasteiger partial charge in [0.25, 0.3) is 0 Å². The molecule has 4 fully saturated rings. The lowest BCUT2D eigenvalue weighted by Gasteiger charge is -2.57. The van der Waals surface area contributed by atoms with Gasteiger partial charge in [-0.25, -0.2) is 0 Å². The Kier molecular flexibility index (Phi) is 8.63. The van der Waals surface area contributed by atoms with Crippen molar-refractivity contribution in [2.45, 2.75) is 43.9 Å². The monoisotopic (exact) mass is 789 g/mol. The van der Waals surface area contributed by atoms with Gasteiger partial charge in [-0.15, -0.1) is 11.3 Å². The van der Waals surface area contributed by atoms with Crippen molar-refractivity contribution in [3.8, 4) is 44.5 Å². The molecule has 4 saturated carbocycles. The van der Waals surface area contributed by atoms with E-state index < -0.39 is 0 Å². The molecule has 0 atom stereocenters. The number of hydrogen-bond acceptors (Lipinski definition) is 2. The summed E-state index contributed by atoms with van der Waals surface area (Å²) in [6, 6.07) is 72.4. The molecular weight excluding hydrogens is 743 g/mol. The lowest BCUT2D eigenvalue weighted by atomic mass is 9.48. The Morgan fingerprint density at radius 2 is 0.917 bits per heavy atom. The quantitative estimate of drug-likeness (QED) is 0.148. The highest BCUT2D eigenvalue weighted by atomic mass is 32.1. The maximum atomic E-state index is 2.50. The van der Waals surface area contributed by atoms with Crippen molar-refractivity contribution in [3.63, 3.8) is 0 Å². The van der Waals surface area contributed by atoms with Crippen molar-refractivity contribution < 1.29 is 0 Å². The summed E-state index contributed by atoms with van der Waals surface area (Å²) in [7, 11) is 0. The van der Waals surface area contributed by atoms with Gasteiger partial charge in [-0.1, -0.05) is 158 Å². The number of nitrogens with zero attached hydrogens (tertiary/aromatic N) is 1. The minimum absolute atomic E-state index is 0.389. The van der Waals surface area contributed by atoms with Gasteiger partial charge in [-0.05, 0) is 143 Å². The standard InChI is InChI=1S/C58H47NS/c1-3-12-42(13-4-1)50-18-11-19-51(43-14-5-2-6-15-43)57(50)45-24-28-47(29-25-45)59(48-30-31-53-52-17-8-10-21-55(52)60-56(53)35-48)54-20-9-7-16-49(54)44-22-26-46(27-23-44)58-36-39-32-40(37-58)34-41(33-39)38-58/h1-31,35,39-41H,32-34,36-38H2. The van der Waals surface area contributed by atoms with Crippen LogP contribution >= 0.6 is 11.3 Å². The van der Waals surface area contributed by atoms with E-state index in [1.807, 2.05) is 11.3 Å². The maximum Gasteiger partial charge on any atom is 0.0540 e. The van der Waals surface area contributed by atoms with E-state index in [0.717, 1.165) is 29.1 Å². The summed E-state index contributed by atoms with van der Waals surface area (Å²) in [6.45, 7) is 0. The number of hydrogen-bond donors (Lipinski definition) is 0. The number of fused-ring (bicyclic) bond motifs is 3. The molecule has 0 aliphatic heterocycles. The van der Waals surface area contributed by atoms with Crippen LogP contribution in [0, 0.1) is 17.8 Å². The molecule has 9 aromatic rings. The molecule has 1 heterocycles. The number of thiophene rings is 1. The summed E-state index contributed by atoms with van der Waals surface area (Å²) in [6.07, 6.45) is 8.60.